The second kappa shape index (κ2) is 7.91. The van der Waals surface area contributed by atoms with Crippen LogP contribution in [0.2, 0.25) is 0 Å². The minimum absolute atomic E-state index is 0.351. The number of carbonyl (C=O) groups is 1. The highest BCUT2D eigenvalue weighted by Crippen LogP contribution is 2.30. The molecule has 0 fully saturated rings. The Morgan fingerprint density at radius 1 is 1.33 bits per heavy atom. The number of hydrazone groups is 1. The predicted octanol–water partition coefficient (Wildman–Crippen LogP) is 3.33. The number of nitriles is 1. The quantitative estimate of drug-likeness (QED) is 0.733. The first kappa shape index (κ1) is 18.5. The Balaban J connectivity index is 1.60. The normalized spacial score (nSPS) is 15.7. The van der Waals surface area contributed by atoms with Gasteiger partial charge in [-0.2, -0.15) is 15.5 Å². The number of rotatable bonds is 6. The van der Waals surface area contributed by atoms with Crippen molar-refractivity contribution in [2.75, 3.05) is 0 Å². The Hall–Kier alpha value is -3.34. The largest absolute Gasteiger partial charge is 0.271 e. The van der Waals surface area contributed by atoms with Gasteiger partial charge in [-0.3, -0.25) is 9.48 Å². The maximum absolute atomic E-state index is 13.5. The van der Waals surface area contributed by atoms with E-state index in [1.165, 1.54) is 23.3 Å². The standard InChI is InChI=1S/C19H17F2N5O/c1-13(3-2-6-25-12-14(10-22)11-24-25)19(27)26-18(4-5-23-26)15-7-16(20)9-17(21)8-15/h5,7-9,11-12,18H,1-4,6H2. The molecule has 0 aliphatic carbocycles. The van der Waals surface area contributed by atoms with Gasteiger partial charge in [0, 0.05) is 37.0 Å². The van der Waals surface area contributed by atoms with Gasteiger partial charge in [0.05, 0.1) is 17.8 Å². The number of aromatic nitrogens is 2. The number of amides is 1. The second-order valence-corrected chi connectivity index (χ2v) is 6.21. The fraction of sp³-hybridized carbons (Fsp3) is 0.263. The predicted molar refractivity (Wildman–Crippen MR) is 94.4 cm³/mol. The van der Waals surface area contributed by atoms with Crippen LogP contribution in [0.3, 0.4) is 0 Å². The molecule has 1 amide bonds. The minimum Gasteiger partial charge on any atom is -0.271 e. The SMILES string of the molecule is C=C(CCCn1cc(C#N)cn1)C(=O)N1N=CCC1c1cc(F)cc(F)c1. The average Bonchev–Trinajstić information content (AvgIpc) is 3.29. The minimum atomic E-state index is -0.695. The second-order valence-electron chi connectivity index (χ2n) is 6.21. The number of benzene rings is 1. The average molecular weight is 369 g/mol. The Labute approximate surface area is 155 Å². The monoisotopic (exact) mass is 369 g/mol. The van der Waals surface area contributed by atoms with Gasteiger partial charge in [-0.05, 0) is 30.5 Å². The first-order valence-corrected chi connectivity index (χ1v) is 8.40. The van der Waals surface area contributed by atoms with Crippen molar-refractivity contribution in [3.63, 3.8) is 0 Å². The van der Waals surface area contributed by atoms with Crippen LogP contribution in [0.5, 0.6) is 0 Å². The summed E-state index contributed by atoms with van der Waals surface area (Å²) in [5.41, 5.74) is 1.18. The van der Waals surface area contributed by atoms with Crippen molar-refractivity contribution < 1.29 is 13.6 Å². The molecule has 0 saturated carbocycles. The topological polar surface area (TPSA) is 74.3 Å². The van der Waals surface area contributed by atoms with Crippen molar-refractivity contribution in [2.45, 2.75) is 31.8 Å². The molecular formula is C19H17F2N5O. The van der Waals surface area contributed by atoms with Gasteiger partial charge in [0.1, 0.15) is 17.7 Å². The van der Waals surface area contributed by atoms with Gasteiger partial charge in [-0.15, -0.1) is 0 Å². The van der Waals surface area contributed by atoms with E-state index < -0.39 is 17.7 Å². The lowest BCUT2D eigenvalue weighted by molar-refractivity contribution is -0.129. The zero-order valence-electron chi connectivity index (χ0n) is 14.5. The summed E-state index contributed by atoms with van der Waals surface area (Å²) in [6.07, 6.45) is 6.05. The summed E-state index contributed by atoms with van der Waals surface area (Å²) in [5, 5.41) is 18.1. The summed E-state index contributed by atoms with van der Waals surface area (Å²) in [5.74, 6) is -1.77. The summed E-state index contributed by atoms with van der Waals surface area (Å²) >= 11 is 0. The van der Waals surface area contributed by atoms with Gasteiger partial charge in [-0.25, -0.2) is 13.8 Å². The van der Waals surface area contributed by atoms with Crippen LogP contribution in [0, 0.1) is 23.0 Å². The molecule has 1 atom stereocenters. The third-order valence-corrected chi connectivity index (χ3v) is 4.24. The number of aryl methyl sites for hydroxylation is 1. The molecule has 1 aromatic heterocycles. The van der Waals surface area contributed by atoms with Crippen molar-refractivity contribution in [3.8, 4) is 6.07 Å². The van der Waals surface area contributed by atoms with Crippen LogP contribution in [-0.2, 0) is 11.3 Å². The molecule has 2 aromatic rings. The fourth-order valence-corrected chi connectivity index (χ4v) is 2.92. The highest BCUT2D eigenvalue weighted by atomic mass is 19.1. The van der Waals surface area contributed by atoms with Gasteiger partial charge in [0.25, 0.3) is 5.91 Å². The summed E-state index contributed by atoms with van der Waals surface area (Å²) in [6, 6.07) is 4.64. The lowest BCUT2D eigenvalue weighted by Gasteiger charge is -2.23. The van der Waals surface area contributed by atoms with E-state index in [1.54, 1.807) is 17.1 Å². The van der Waals surface area contributed by atoms with Crippen LogP contribution in [0.1, 0.15) is 36.4 Å². The molecule has 1 unspecified atom stereocenters. The van der Waals surface area contributed by atoms with Crippen molar-refractivity contribution in [2.24, 2.45) is 5.10 Å². The van der Waals surface area contributed by atoms with E-state index in [-0.39, 0.29) is 5.91 Å². The molecule has 1 aliphatic heterocycles. The molecule has 0 saturated heterocycles. The van der Waals surface area contributed by atoms with Crippen LogP contribution in [-0.4, -0.2) is 26.9 Å². The maximum atomic E-state index is 13.5. The van der Waals surface area contributed by atoms with E-state index in [0.717, 1.165) is 6.07 Å². The zero-order chi connectivity index (χ0) is 19.4. The third-order valence-electron chi connectivity index (χ3n) is 4.24. The molecule has 138 valence electrons. The Kier molecular flexibility index (Phi) is 5.41. The van der Waals surface area contributed by atoms with Crippen LogP contribution in [0.4, 0.5) is 8.78 Å². The molecule has 0 spiro atoms. The first-order valence-electron chi connectivity index (χ1n) is 8.40. The third kappa shape index (κ3) is 4.26. The lowest BCUT2D eigenvalue weighted by Crippen LogP contribution is -2.28. The number of carbonyl (C=O) groups excluding carboxylic acids is 1. The smallest absolute Gasteiger partial charge is 0.269 e. The molecule has 0 N–H and O–H groups in total. The summed E-state index contributed by atoms with van der Waals surface area (Å²) in [4.78, 5) is 12.7. The number of hydrogen-bond donors (Lipinski definition) is 0. The van der Waals surface area contributed by atoms with E-state index in [0.29, 0.717) is 42.5 Å². The molecule has 27 heavy (non-hydrogen) atoms. The molecular weight excluding hydrogens is 352 g/mol. The summed E-state index contributed by atoms with van der Waals surface area (Å²) in [6.45, 7) is 4.36. The maximum Gasteiger partial charge on any atom is 0.269 e. The van der Waals surface area contributed by atoms with E-state index in [1.807, 2.05) is 6.07 Å². The van der Waals surface area contributed by atoms with Crippen LogP contribution in [0.15, 0.2) is 47.8 Å². The molecule has 3 rings (SSSR count). The molecule has 0 radical (unpaired) electrons. The van der Waals surface area contributed by atoms with Gasteiger partial charge < -0.3 is 0 Å². The van der Waals surface area contributed by atoms with Crippen LogP contribution in [0.25, 0.3) is 0 Å². The van der Waals surface area contributed by atoms with E-state index in [4.69, 9.17) is 5.26 Å². The van der Waals surface area contributed by atoms with Crippen molar-refractivity contribution in [3.05, 3.63) is 65.5 Å². The van der Waals surface area contributed by atoms with Crippen molar-refractivity contribution >= 4 is 12.1 Å². The molecule has 1 aliphatic rings. The van der Waals surface area contributed by atoms with Gasteiger partial charge in [0.2, 0.25) is 0 Å². The number of hydrogen-bond acceptors (Lipinski definition) is 4. The van der Waals surface area contributed by atoms with E-state index in [2.05, 4.69) is 16.8 Å². The highest BCUT2D eigenvalue weighted by molar-refractivity contribution is 5.94. The lowest BCUT2D eigenvalue weighted by atomic mass is 10.0. The van der Waals surface area contributed by atoms with E-state index >= 15 is 0 Å². The number of halogens is 2. The van der Waals surface area contributed by atoms with Gasteiger partial charge in [0.15, 0.2) is 0 Å². The highest BCUT2D eigenvalue weighted by Gasteiger charge is 2.30. The molecule has 1 aromatic carbocycles. The summed E-state index contributed by atoms with van der Waals surface area (Å²) < 4.78 is 28.6. The van der Waals surface area contributed by atoms with E-state index in [9.17, 15) is 13.6 Å². The number of nitrogens with zero attached hydrogens (tertiary/aromatic N) is 5. The van der Waals surface area contributed by atoms with Gasteiger partial charge >= 0.3 is 0 Å². The van der Waals surface area contributed by atoms with Gasteiger partial charge in [-0.1, -0.05) is 6.58 Å². The fourth-order valence-electron chi connectivity index (χ4n) is 2.92. The summed E-state index contributed by atoms with van der Waals surface area (Å²) in [7, 11) is 0. The molecule has 0 bridgehead atoms. The Bertz CT molecular complexity index is 924. The first-order chi connectivity index (χ1) is 13.0. The Morgan fingerprint density at radius 2 is 2.07 bits per heavy atom. The molecule has 6 nitrogen and oxygen atoms in total. The molecule has 2 heterocycles. The zero-order valence-corrected chi connectivity index (χ0v) is 14.5. The van der Waals surface area contributed by atoms with Crippen LogP contribution < -0.4 is 0 Å². The Morgan fingerprint density at radius 3 is 2.74 bits per heavy atom. The molecule has 8 heteroatoms. The van der Waals surface area contributed by atoms with Crippen molar-refractivity contribution in [1.29, 1.82) is 5.26 Å². The van der Waals surface area contributed by atoms with Crippen LogP contribution >= 0.6 is 0 Å². The van der Waals surface area contributed by atoms with Crippen molar-refractivity contribution in [1.82, 2.24) is 14.8 Å².